The van der Waals surface area contributed by atoms with Crippen molar-refractivity contribution >= 4 is 11.7 Å². The highest BCUT2D eigenvalue weighted by Crippen LogP contribution is 2.22. The molecule has 3 rings (SSSR count). The zero-order chi connectivity index (χ0) is 15.4. The molecule has 2 saturated heterocycles. The van der Waals surface area contributed by atoms with Crippen molar-refractivity contribution in [1.29, 1.82) is 0 Å². The van der Waals surface area contributed by atoms with Crippen LogP contribution in [-0.2, 0) is 0 Å². The molecular weight excluding hydrogens is 276 g/mol. The third kappa shape index (κ3) is 3.57. The number of nitrogens with zero attached hydrogens (tertiary/aromatic N) is 4. The summed E-state index contributed by atoms with van der Waals surface area (Å²) in [5.74, 6) is 1.66. The molecule has 2 fully saturated rings. The second-order valence-electron chi connectivity index (χ2n) is 6.66. The van der Waals surface area contributed by atoms with Crippen LogP contribution in [0, 0.1) is 5.92 Å². The van der Waals surface area contributed by atoms with Crippen LogP contribution in [0.5, 0.6) is 0 Å². The number of aromatic nitrogens is 2. The molecule has 1 atom stereocenters. The quantitative estimate of drug-likeness (QED) is 0.843. The maximum Gasteiger partial charge on any atom is 0.272 e. The van der Waals surface area contributed by atoms with E-state index in [2.05, 4.69) is 21.8 Å². The van der Waals surface area contributed by atoms with E-state index < -0.39 is 0 Å². The van der Waals surface area contributed by atoms with E-state index in [1.54, 1.807) is 6.33 Å². The van der Waals surface area contributed by atoms with Gasteiger partial charge in [-0.05, 0) is 31.6 Å². The van der Waals surface area contributed by atoms with Crippen molar-refractivity contribution in [3.05, 3.63) is 18.1 Å². The Morgan fingerprint density at radius 1 is 1.09 bits per heavy atom. The number of hydrogen-bond donors (Lipinski definition) is 0. The third-order valence-electron chi connectivity index (χ3n) is 4.75. The Kier molecular flexibility index (Phi) is 4.90. The molecule has 1 aromatic rings. The van der Waals surface area contributed by atoms with E-state index in [0.29, 0.717) is 11.6 Å². The number of rotatable bonds is 2. The van der Waals surface area contributed by atoms with Gasteiger partial charge in [0.05, 0.1) is 0 Å². The van der Waals surface area contributed by atoms with Crippen LogP contribution in [0.1, 0.15) is 55.9 Å². The summed E-state index contributed by atoms with van der Waals surface area (Å²) in [6.45, 7) is 6.04. The molecule has 0 aliphatic carbocycles. The molecule has 0 radical (unpaired) electrons. The lowest BCUT2D eigenvalue weighted by Gasteiger charge is -2.32. The minimum absolute atomic E-state index is 0.0654. The number of hydrogen-bond acceptors (Lipinski definition) is 4. The maximum atomic E-state index is 12.7. The van der Waals surface area contributed by atoms with Crippen LogP contribution in [0.2, 0.25) is 0 Å². The number of carbonyl (C=O) groups is 1. The molecule has 0 saturated carbocycles. The Morgan fingerprint density at radius 3 is 2.59 bits per heavy atom. The first kappa shape index (κ1) is 15.3. The second-order valence-corrected chi connectivity index (χ2v) is 6.66. The van der Waals surface area contributed by atoms with Crippen molar-refractivity contribution in [2.45, 2.75) is 45.4 Å². The molecule has 2 aliphatic heterocycles. The van der Waals surface area contributed by atoms with Gasteiger partial charge < -0.3 is 9.80 Å². The van der Waals surface area contributed by atoms with Crippen LogP contribution in [0.3, 0.4) is 0 Å². The average Bonchev–Trinajstić information content (AvgIpc) is 2.83. The molecule has 1 unspecified atom stereocenters. The minimum Gasteiger partial charge on any atom is -0.356 e. The van der Waals surface area contributed by atoms with Crippen molar-refractivity contribution in [2.75, 3.05) is 31.1 Å². The lowest BCUT2D eigenvalue weighted by Crippen LogP contribution is -2.36. The summed E-state index contributed by atoms with van der Waals surface area (Å²) in [4.78, 5) is 25.5. The lowest BCUT2D eigenvalue weighted by molar-refractivity contribution is 0.0755. The monoisotopic (exact) mass is 302 g/mol. The van der Waals surface area contributed by atoms with E-state index >= 15 is 0 Å². The van der Waals surface area contributed by atoms with Gasteiger partial charge in [0.2, 0.25) is 0 Å². The van der Waals surface area contributed by atoms with Crippen molar-refractivity contribution in [3.63, 3.8) is 0 Å². The zero-order valence-corrected chi connectivity index (χ0v) is 13.5. The summed E-state index contributed by atoms with van der Waals surface area (Å²) in [5.41, 5.74) is 0.546. The Bertz CT molecular complexity index is 511. The Hall–Kier alpha value is -1.65. The van der Waals surface area contributed by atoms with E-state index in [9.17, 15) is 4.79 Å². The first-order valence-corrected chi connectivity index (χ1v) is 8.60. The largest absolute Gasteiger partial charge is 0.356 e. The lowest BCUT2D eigenvalue weighted by atomic mass is 10.0. The second kappa shape index (κ2) is 7.07. The van der Waals surface area contributed by atoms with Crippen LogP contribution in [0.25, 0.3) is 0 Å². The molecule has 0 aromatic carbocycles. The van der Waals surface area contributed by atoms with E-state index in [1.807, 2.05) is 11.0 Å². The van der Waals surface area contributed by atoms with Crippen LogP contribution in [0.15, 0.2) is 12.4 Å². The first-order valence-electron chi connectivity index (χ1n) is 8.60. The molecule has 3 heterocycles. The number of anilines is 1. The maximum absolute atomic E-state index is 12.7. The molecule has 1 amide bonds. The fourth-order valence-electron chi connectivity index (χ4n) is 3.47. The fourth-order valence-corrected chi connectivity index (χ4v) is 3.47. The van der Waals surface area contributed by atoms with Gasteiger partial charge in [-0.1, -0.05) is 19.8 Å². The van der Waals surface area contributed by atoms with Gasteiger partial charge in [-0.3, -0.25) is 4.79 Å². The molecule has 0 N–H and O–H groups in total. The zero-order valence-electron chi connectivity index (χ0n) is 13.5. The average molecular weight is 302 g/mol. The summed E-state index contributed by atoms with van der Waals surface area (Å²) in [7, 11) is 0. The van der Waals surface area contributed by atoms with Crippen molar-refractivity contribution < 1.29 is 4.79 Å². The molecule has 22 heavy (non-hydrogen) atoms. The van der Waals surface area contributed by atoms with Gasteiger partial charge in [-0.25, -0.2) is 9.97 Å². The van der Waals surface area contributed by atoms with Crippen LogP contribution < -0.4 is 4.90 Å². The molecule has 0 bridgehead atoms. The van der Waals surface area contributed by atoms with Gasteiger partial charge in [-0.2, -0.15) is 0 Å². The van der Waals surface area contributed by atoms with Crippen molar-refractivity contribution in [1.82, 2.24) is 14.9 Å². The third-order valence-corrected chi connectivity index (χ3v) is 4.75. The standard InChI is InChI=1S/C17H26N4O/c1-14-7-6-10-21(12-14)16-11-15(18-13-19-16)17(22)20-8-4-2-3-5-9-20/h11,13-14H,2-10,12H2,1H3. The minimum atomic E-state index is 0.0654. The van der Waals surface area contributed by atoms with Crippen molar-refractivity contribution in [2.24, 2.45) is 5.92 Å². The first-order chi connectivity index (χ1) is 10.7. The highest BCUT2D eigenvalue weighted by molar-refractivity contribution is 5.93. The van der Waals surface area contributed by atoms with Crippen LogP contribution >= 0.6 is 0 Å². The van der Waals surface area contributed by atoms with Crippen molar-refractivity contribution in [3.8, 4) is 0 Å². The summed E-state index contributed by atoms with van der Waals surface area (Å²) in [6, 6.07) is 1.88. The number of amides is 1. The van der Waals surface area contributed by atoms with Gasteiger partial charge in [0.25, 0.3) is 5.91 Å². The number of carbonyl (C=O) groups excluding carboxylic acids is 1. The SMILES string of the molecule is CC1CCCN(c2cc(C(=O)N3CCCCCC3)ncn2)C1. The Morgan fingerprint density at radius 2 is 1.86 bits per heavy atom. The van der Waals surface area contributed by atoms with Crippen LogP contribution in [-0.4, -0.2) is 47.0 Å². The molecule has 5 heteroatoms. The number of piperidine rings is 1. The van der Waals surface area contributed by atoms with Gasteiger partial charge in [0, 0.05) is 32.2 Å². The summed E-state index contributed by atoms with van der Waals surface area (Å²) >= 11 is 0. The molecule has 120 valence electrons. The highest BCUT2D eigenvalue weighted by Gasteiger charge is 2.22. The summed E-state index contributed by atoms with van der Waals surface area (Å²) in [5, 5.41) is 0. The smallest absolute Gasteiger partial charge is 0.272 e. The topological polar surface area (TPSA) is 49.3 Å². The molecule has 1 aromatic heterocycles. The summed E-state index contributed by atoms with van der Waals surface area (Å²) in [6.07, 6.45) is 8.68. The highest BCUT2D eigenvalue weighted by atomic mass is 16.2. The molecule has 2 aliphatic rings. The molecule has 0 spiro atoms. The normalized spacial score (nSPS) is 23.2. The number of likely N-dealkylation sites (tertiary alicyclic amines) is 1. The molecular formula is C17H26N4O. The fraction of sp³-hybridized carbons (Fsp3) is 0.706. The Labute approximate surface area is 132 Å². The van der Waals surface area contributed by atoms with E-state index in [1.165, 1.54) is 25.7 Å². The van der Waals surface area contributed by atoms with Gasteiger partial charge in [0.1, 0.15) is 17.8 Å². The van der Waals surface area contributed by atoms with Gasteiger partial charge in [-0.15, -0.1) is 0 Å². The predicted molar refractivity (Wildman–Crippen MR) is 87.0 cm³/mol. The summed E-state index contributed by atoms with van der Waals surface area (Å²) < 4.78 is 0. The Balaban J connectivity index is 1.73. The predicted octanol–water partition coefficient (Wildman–Crippen LogP) is 2.73. The van der Waals surface area contributed by atoms with Gasteiger partial charge >= 0.3 is 0 Å². The van der Waals surface area contributed by atoms with E-state index in [4.69, 9.17) is 0 Å². The van der Waals surface area contributed by atoms with Gasteiger partial charge in [0.15, 0.2) is 0 Å². The van der Waals surface area contributed by atoms with E-state index in [0.717, 1.165) is 44.8 Å². The van der Waals surface area contributed by atoms with E-state index in [-0.39, 0.29) is 5.91 Å². The van der Waals surface area contributed by atoms with Crippen LogP contribution in [0.4, 0.5) is 5.82 Å². The molecule has 5 nitrogen and oxygen atoms in total.